The lowest BCUT2D eigenvalue weighted by atomic mass is 9.35. The lowest BCUT2D eigenvalue weighted by Gasteiger charge is -2.22. The summed E-state index contributed by atoms with van der Waals surface area (Å²) in [6.07, 6.45) is 0. The van der Waals surface area contributed by atoms with Gasteiger partial charge in [0.25, 0.3) is 0 Å². The first-order chi connectivity index (χ1) is 21.8. The third kappa shape index (κ3) is 3.28. The van der Waals surface area contributed by atoms with Crippen molar-refractivity contribution in [2.24, 2.45) is 0 Å². The van der Waals surface area contributed by atoms with Gasteiger partial charge in [-0.1, -0.05) is 143 Å². The molecule has 0 N–H and O–H groups in total. The van der Waals surface area contributed by atoms with Crippen molar-refractivity contribution in [3.63, 3.8) is 0 Å². The van der Waals surface area contributed by atoms with E-state index in [1.54, 1.807) is 0 Å². The monoisotopic (exact) mass is 558 g/mol. The first-order valence-electron chi connectivity index (χ1n) is 15.3. The Morgan fingerprint density at radius 3 is 1.18 bits per heavy atom. The molecule has 0 fully saturated rings. The van der Waals surface area contributed by atoms with Crippen LogP contribution in [0.5, 0.6) is 23.0 Å². The van der Waals surface area contributed by atoms with Crippen LogP contribution in [0.2, 0.25) is 0 Å². The maximum Gasteiger partial charge on any atom is 0.247 e. The molecule has 2 nitrogen and oxygen atoms in total. The van der Waals surface area contributed by atoms with Crippen molar-refractivity contribution >= 4 is 78.5 Å². The zero-order valence-corrected chi connectivity index (χ0v) is 23.8. The van der Waals surface area contributed by atoms with Gasteiger partial charge in [0.2, 0.25) is 13.4 Å². The van der Waals surface area contributed by atoms with Gasteiger partial charge in [-0.05, 0) is 46.0 Å². The molecule has 0 aromatic heterocycles. The van der Waals surface area contributed by atoms with E-state index in [9.17, 15) is 0 Å². The van der Waals surface area contributed by atoms with E-state index in [2.05, 4.69) is 146 Å². The molecule has 2 aliphatic heterocycles. The van der Waals surface area contributed by atoms with Gasteiger partial charge in [0.15, 0.2) is 0 Å². The second-order valence-electron chi connectivity index (χ2n) is 12.0. The van der Waals surface area contributed by atoms with Crippen molar-refractivity contribution in [1.29, 1.82) is 0 Å². The van der Waals surface area contributed by atoms with Crippen LogP contribution in [0, 0.1) is 0 Å². The first-order valence-corrected chi connectivity index (χ1v) is 15.3. The van der Waals surface area contributed by atoms with Gasteiger partial charge in [-0.25, -0.2) is 0 Å². The van der Waals surface area contributed by atoms with E-state index in [1.807, 2.05) is 0 Å². The molecule has 8 aromatic rings. The molecule has 0 aliphatic carbocycles. The number of hydrogen-bond acceptors (Lipinski definition) is 2. The Hall–Kier alpha value is -5.47. The van der Waals surface area contributed by atoms with Crippen molar-refractivity contribution in [2.75, 3.05) is 0 Å². The van der Waals surface area contributed by atoms with Crippen LogP contribution in [0.3, 0.4) is 0 Å². The molecule has 0 bridgehead atoms. The van der Waals surface area contributed by atoms with Gasteiger partial charge in [0, 0.05) is 21.5 Å². The standard InChI is InChI=1S/C40H24B2O2/c1-3-11-27(12-4-1)41-29-15-7-9-17-33(29)43-35-21-20-26-24-32-40-36(22-19-25-23-31(41)39(35)37(26)38(25)40)44-34-18-10-8-16-30(34)42(32)28-13-5-2-6-14-28/h1-24H. The van der Waals surface area contributed by atoms with Crippen molar-refractivity contribution in [1.82, 2.24) is 0 Å². The molecular formula is C40H24B2O2. The van der Waals surface area contributed by atoms with Crippen LogP contribution in [0.15, 0.2) is 146 Å². The van der Waals surface area contributed by atoms with E-state index in [0.29, 0.717) is 0 Å². The van der Waals surface area contributed by atoms with E-state index in [-0.39, 0.29) is 13.4 Å². The van der Waals surface area contributed by atoms with Crippen LogP contribution in [0.1, 0.15) is 0 Å². The van der Waals surface area contributed by atoms with Gasteiger partial charge >= 0.3 is 0 Å². The lowest BCUT2D eigenvalue weighted by Crippen LogP contribution is -2.52. The fraction of sp³-hybridized carbons (Fsp3) is 0. The molecule has 0 atom stereocenters. The number of hydrogen-bond donors (Lipinski definition) is 0. The molecule has 0 spiro atoms. The third-order valence-corrected chi connectivity index (χ3v) is 9.64. The molecule has 202 valence electrons. The Bertz CT molecular complexity index is 2230. The summed E-state index contributed by atoms with van der Waals surface area (Å²) >= 11 is 0. The van der Waals surface area contributed by atoms with Crippen LogP contribution in [-0.4, -0.2) is 13.4 Å². The normalized spacial score (nSPS) is 13.3. The summed E-state index contributed by atoms with van der Waals surface area (Å²) < 4.78 is 13.6. The van der Waals surface area contributed by atoms with E-state index in [4.69, 9.17) is 9.47 Å². The molecule has 44 heavy (non-hydrogen) atoms. The van der Waals surface area contributed by atoms with Crippen LogP contribution in [-0.2, 0) is 0 Å². The number of benzene rings is 8. The number of fused-ring (bicyclic) bond motifs is 2. The van der Waals surface area contributed by atoms with E-state index >= 15 is 0 Å². The summed E-state index contributed by atoms with van der Waals surface area (Å²) in [4.78, 5) is 0. The van der Waals surface area contributed by atoms with Gasteiger partial charge in [-0.3, -0.25) is 0 Å². The van der Waals surface area contributed by atoms with Crippen molar-refractivity contribution in [2.45, 2.75) is 0 Å². The molecule has 10 rings (SSSR count). The number of rotatable bonds is 2. The average Bonchev–Trinajstić information content (AvgIpc) is 3.31. The van der Waals surface area contributed by atoms with Crippen LogP contribution in [0.25, 0.3) is 32.3 Å². The summed E-state index contributed by atoms with van der Waals surface area (Å²) in [5, 5.41) is 7.29. The van der Waals surface area contributed by atoms with Crippen LogP contribution < -0.4 is 42.3 Å². The van der Waals surface area contributed by atoms with Crippen LogP contribution >= 0.6 is 0 Å². The fourth-order valence-corrected chi connectivity index (χ4v) is 7.86. The van der Waals surface area contributed by atoms with Gasteiger partial charge < -0.3 is 9.47 Å². The Kier molecular flexibility index (Phi) is 4.92. The predicted octanol–water partition coefficient (Wildman–Crippen LogP) is 5.83. The van der Waals surface area contributed by atoms with Crippen molar-refractivity contribution < 1.29 is 9.47 Å². The zero-order chi connectivity index (χ0) is 28.8. The molecule has 0 saturated heterocycles. The second kappa shape index (κ2) is 9.02. The smallest absolute Gasteiger partial charge is 0.247 e. The largest absolute Gasteiger partial charge is 0.457 e. The summed E-state index contributed by atoms with van der Waals surface area (Å²) in [5.74, 6) is 3.62. The topological polar surface area (TPSA) is 18.5 Å². The zero-order valence-electron chi connectivity index (χ0n) is 23.8. The van der Waals surface area contributed by atoms with Gasteiger partial charge in [0.05, 0.1) is 0 Å². The first kappa shape index (κ1) is 24.0. The molecule has 2 aliphatic rings. The minimum absolute atomic E-state index is 0.0371. The number of ether oxygens (including phenoxy) is 2. The summed E-state index contributed by atoms with van der Waals surface area (Å²) in [7, 11) is 0. The van der Waals surface area contributed by atoms with Crippen molar-refractivity contribution in [3.8, 4) is 23.0 Å². The lowest BCUT2D eigenvalue weighted by molar-refractivity contribution is 0.492. The maximum absolute atomic E-state index is 6.81. The highest BCUT2D eigenvalue weighted by Gasteiger charge is 2.35. The Morgan fingerprint density at radius 2 is 0.727 bits per heavy atom. The quantitative estimate of drug-likeness (QED) is 0.197. The molecule has 8 aromatic carbocycles. The molecule has 0 radical (unpaired) electrons. The minimum Gasteiger partial charge on any atom is -0.457 e. The van der Waals surface area contributed by atoms with E-state index in [1.165, 1.54) is 65.1 Å². The highest BCUT2D eigenvalue weighted by molar-refractivity contribution is 6.99. The predicted molar refractivity (Wildman–Crippen MR) is 185 cm³/mol. The number of para-hydroxylation sites is 2. The Balaban J connectivity index is 1.37. The summed E-state index contributed by atoms with van der Waals surface area (Å²) in [5.41, 5.74) is 7.43. The maximum atomic E-state index is 6.81. The van der Waals surface area contributed by atoms with Gasteiger partial charge in [-0.2, -0.15) is 0 Å². The summed E-state index contributed by atoms with van der Waals surface area (Å²) in [6.45, 7) is 0.0742. The second-order valence-corrected chi connectivity index (χ2v) is 12.0. The Labute approximate surface area is 256 Å². The minimum atomic E-state index is 0.0371. The highest BCUT2D eigenvalue weighted by Crippen LogP contribution is 2.43. The van der Waals surface area contributed by atoms with Crippen molar-refractivity contribution in [3.05, 3.63) is 146 Å². The molecular weight excluding hydrogens is 534 g/mol. The molecule has 0 unspecified atom stereocenters. The van der Waals surface area contributed by atoms with E-state index < -0.39 is 0 Å². The van der Waals surface area contributed by atoms with E-state index in [0.717, 1.165) is 23.0 Å². The molecule has 2 heterocycles. The molecule has 4 heteroatoms. The average molecular weight is 558 g/mol. The Morgan fingerprint density at radius 1 is 0.318 bits per heavy atom. The fourth-order valence-electron chi connectivity index (χ4n) is 7.86. The molecule has 0 saturated carbocycles. The molecule has 0 amide bonds. The summed E-state index contributed by atoms with van der Waals surface area (Å²) in [6, 6.07) is 52.3. The van der Waals surface area contributed by atoms with Gasteiger partial charge in [0.1, 0.15) is 23.0 Å². The van der Waals surface area contributed by atoms with Crippen LogP contribution in [0.4, 0.5) is 0 Å². The third-order valence-electron chi connectivity index (χ3n) is 9.64. The van der Waals surface area contributed by atoms with Gasteiger partial charge in [-0.15, -0.1) is 0 Å². The highest BCUT2D eigenvalue weighted by atomic mass is 16.5. The SMILES string of the molecule is c1ccc(B2c3ccccc3Oc3ccc4cc5c6c(ccc7cc2c3c4c76)Oc2ccccc2B5c2ccccc2)cc1.